The first-order valence-electron chi connectivity index (χ1n) is 5.63. The molecule has 0 spiro atoms. The Bertz CT molecular complexity index is 337. The van der Waals surface area contributed by atoms with Crippen LogP contribution in [0.5, 0.6) is 0 Å². The lowest BCUT2D eigenvalue weighted by atomic mass is 10.1. The molecule has 0 aliphatic carbocycles. The third-order valence-corrected chi connectivity index (χ3v) is 3.43. The van der Waals surface area contributed by atoms with Crippen molar-refractivity contribution in [3.8, 4) is 0 Å². The van der Waals surface area contributed by atoms with E-state index in [4.69, 9.17) is 0 Å². The second-order valence-electron chi connectivity index (χ2n) is 4.51. The largest absolute Gasteiger partial charge is 0.311 e. The zero-order valence-electron chi connectivity index (χ0n) is 10.5. The maximum Gasteiger partial charge on any atom is 0.0208 e. The molecule has 0 aliphatic heterocycles. The van der Waals surface area contributed by atoms with E-state index in [1.54, 1.807) is 0 Å². The fourth-order valence-corrected chi connectivity index (χ4v) is 1.93. The second-order valence-corrected chi connectivity index (χ2v) is 5.43. The predicted molar refractivity (Wildman–Crippen MR) is 73.7 cm³/mol. The Morgan fingerprint density at radius 1 is 1.38 bits per heavy atom. The molecule has 1 atom stereocenters. The summed E-state index contributed by atoms with van der Waals surface area (Å²) in [7, 11) is 4.22. The molecule has 0 amide bonds. The second kappa shape index (κ2) is 6.38. The topological polar surface area (TPSA) is 15.3 Å². The van der Waals surface area contributed by atoms with Crippen LogP contribution in [0.15, 0.2) is 22.7 Å². The minimum absolute atomic E-state index is 0.566. The molecule has 0 saturated heterocycles. The van der Waals surface area contributed by atoms with Crippen molar-refractivity contribution in [3.63, 3.8) is 0 Å². The average molecular weight is 285 g/mol. The summed E-state index contributed by atoms with van der Waals surface area (Å²) in [5.41, 5.74) is 2.70. The fourth-order valence-electron chi connectivity index (χ4n) is 1.46. The van der Waals surface area contributed by atoms with Crippen molar-refractivity contribution >= 4 is 15.9 Å². The van der Waals surface area contributed by atoms with E-state index in [-0.39, 0.29) is 0 Å². The number of likely N-dealkylation sites (N-methyl/N-ethyl adjacent to an activating group) is 1. The summed E-state index contributed by atoms with van der Waals surface area (Å²) < 4.78 is 1.15. The highest BCUT2D eigenvalue weighted by Gasteiger charge is 2.04. The standard InChI is InChI=1S/C13H21BrN2/c1-10-7-13(14)6-5-12(10)9-15-8-11(2)16(3)4/h5-7,11,15H,8-9H2,1-4H3. The molecule has 16 heavy (non-hydrogen) atoms. The van der Waals surface area contributed by atoms with Crippen LogP contribution in [0.25, 0.3) is 0 Å². The van der Waals surface area contributed by atoms with Gasteiger partial charge in [0.1, 0.15) is 0 Å². The molecule has 1 aromatic carbocycles. The van der Waals surface area contributed by atoms with Gasteiger partial charge in [0.2, 0.25) is 0 Å². The first-order valence-corrected chi connectivity index (χ1v) is 6.42. The molecule has 0 aromatic heterocycles. The van der Waals surface area contributed by atoms with Crippen LogP contribution in [0.1, 0.15) is 18.1 Å². The Morgan fingerprint density at radius 3 is 2.62 bits per heavy atom. The van der Waals surface area contributed by atoms with Crippen LogP contribution in [0.3, 0.4) is 0 Å². The van der Waals surface area contributed by atoms with Crippen LogP contribution in [0.2, 0.25) is 0 Å². The summed E-state index contributed by atoms with van der Waals surface area (Å²) in [6, 6.07) is 6.99. The van der Waals surface area contributed by atoms with Gasteiger partial charge in [0.25, 0.3) is 0 Å². The normalized spacial score (nSPS) is 13.1. The van der Waals surface area contributed by atoms with Gasteiger partial charge in [-0.15, -0.1) is 0 Å². The number of hydrogen-bond acceptors (Lipinski definition) is 2. The number of halogens is 1. The van der Waals surface area contributed by atoms with Gasteiger partial charge in [-0.3, -0.25) is 0 Å². The van der Waals surface area contributed by atoms with E-state index in [2.05, 4.69) is 72.3 Å². The van der Waals surface area contributed by atoms with Gasteiger partial charge >= 0.3 is 0 Å². The molecular formula is C13H21BrN2. The van der Waals surface area contributed by atoms with E-state index >= 15 is 0 Å². The summed E-state index contributed by atoms with van der Waals surface area (Å²) >= 11 is 3.48. The van der Waals surface area contributed by atoms with Gasteiger partial charge in [-0.05, 0) is 51.2 Å². The highest BCUT2D eigenvalue weighted by molar-refractivity contribution is 9.10. The van der Waals surface area contributed by atoms with Crippen LogP contribution in [0, 0.1) is 6.92 Å². The SMILES string of the molecule is Cc1cc(Br)ccc1CNCC(C)N(C)C. The molecule has 3 heteroatoms. The van der Waals surface area contributed by atoms with Gasteiger partial charge < -0.3 is 10.2 Å². The third-order valence-electron chi connectivity index (χ3n) is 2.94. The van der Waals surface area contributed by atoms with Gasteiger partial charge in [-0.25, -0.2) is 0 Å². The summed E-state index contributed by atoms with van der Waals surface area (Å²) in [6.07, 6.45) is 0. The van der Waals surface area contributed by atoms with E-state index in [0.717, 1.165) is 17.6 Å². The van der Waals surface area contributed by atoms with Crippen LogP contribution in [-0.4, -0.2) is 31.6 Å². The highest BCUT2D eigenvalue weighted by atomic mass is 79.9. The van der Waals surface area contributed by atoms with Crippen LogP contribution in [-0.2, 0) is 6.54 Å². The number of rotatable bonds is 5. The summed E-state index contributed by atoms with van der Waals surface area (Å²) in [5, 5.41) is 3.49. The molecule has 2 nitrogen and oxygen atoms in total. The van der Waals surface area contributed by atoms with Crippen LogP contribution in [0.4, 0.5) is 0 Å². The Labute approximate surface area is 107 Å². The molecule has 0 saturated carbocycles. The van der Waals surface area contributed by atoms with E-state index in [1.165, 1.54) is 11.1 Å². The van der Waals surface area contributed by atoms with Crippen molar-refractivity contribution in [1.82, 2.24) is 10.2 Å². The maximum absolute atomic E-state index is 3.49. The van der Waals surface area contributed by atoms with Crippen molar-refractivity contribution in [2.45, 2.75) is 26.4 Å². The highest BCUT2D eigenvalue weighted by Crippen LogP contribution is 2.15. The zero-order valence-corrected chi connectivity index (χ0v) is 12.1. The smallest absolute Gasteiger partial charge is 0.0208 e. The molecule has 1 N–H and O–H groups in total. The lowest BCUT2D eigenvalue weighted by Crippen LogP contribution is -2.35. The molecule has 0 bridgehead atoms. The molecule has 1 aromatic rings. The predicted octanol–water partition coefficient (Wildman–Crippen LogP) is 2.80. The Morgan fingerprint density at radius 2 is 2.06 bits per heavy atom. The fraction of sp³-hybridized carbons (Fsp3) is 0.538. The van der Waals surface area contributed by atoms with Gasteiger partial charge in [-0.1, -0.05) is 22.0 Å². The van der Waals surface area contributed by atoms with Crippen molar-refractivity contribution in [2.24, 2.45) is 0 Å². The molecule has 1 unspecified atom stereocenters. The average Bonchev–Trinajstić information content (AvgIpc) is 2.20. The summed E-state index contributed by atoms with van der Waals surface area (Å²) in [5.74, 6) is 0. The maximum atomic E-state index is 3.49. The first kappa shape index (κ1) is 13.7. The first-order chi connectivity index (χ1) is 7.50. The summed E-state index contributed by atoms with van der Waals surface area (Å²) in [4.78, 5) is 2.22. The van der Waals surface area contributed by atoms with Crippen LogP contribution >= 0.6 is 15.9 Å². The minimum Gasteiger partial charge on any atom is -0.311 e. The van der Waals surface area contributed by atoms with E-state index in [0.29, 0.717) is 6.04 Å². The zero-order chi connectivity index (χ0) is 12.1. The van der Waals surface area contributed by atoms with Gasteiger partial charge in [0.15, 0.2) is 0 Å². The Balaban J connectivity index is 2.43. The van der Waals surface area contributed by atoms with E-state index in [1.807, 2.05) is 0 Å². The third kappa shape index (κ3) is 4.24. The number of nitrogens with zero attached hydrogens (tertiary/aromatic N) is 1. The molecular weight excluding hydrogens is 264 g/mol. The van der Waals surface area contributed by atoms with Crippen molar-refractivity contribution < 1.29 is 0 Å². The number of nitrogens with one attached hydrogen (secondary N) is 1. The number of aryl methyl sites for hydroxylation is 1. The quantitative estimate of drug-likeness (QED) is 0.895. The molecule has 1 rings (SSSR count). The molecule has 0 radical (unpaired) electrons. The molecule has 0 aliphatic rings. The lowest BCUT2D eigenvalue weighted by Gasteiger charge is -2.20. The minimum atomic E-state index is 0.566. The van der Waals surface area contributed by atoms with Gasteiger partial charge in [0, 0.05) is 23.6 Å². The molecule has 0 fully saturated rings. The van der Waals surface area contributed by atoms with Crippen molar-refractivity contribution in [2.75, 3.05) is 20.6 Å². The number of hydrogen-bond donors (Lipinski definition) is 1. The summed E-state index contributed by atoms with van der Waals surface area (Å²) in [6.45, 7) is 6.33. The van der Waals surface area contributed by atoms with Gasteiger partial charge in [0.05, 0.1) is 0 Å². The number of benzene rings is 1. The van der Waals surface area contributed by atoms with E-state index < -0.39 is 0 Å². The molecule has 0 heterocycles. The van der Waals surface area contributed by atoms with E-state index in [9.17, 15) is 0 Å². The Hall–Kier alpha value is -0.380. The van der Waals surface area contributed by atoms with Gasteiger partial charge in [-0.2, -0.15) is 0 Å². The van der Waals surface area contributed by atoms with Crippen LogP contribution < -0.4 is 5.32 Å². The Kier molecular flexibility index (Phi) is 5.46. The monoisotopic (exact) mass is 284 g/mol. The molecule has 90 valence electrons. The lowest BCUT2D eigenvalue weighted by molar-refractivity contribution is 0.302. The van der Waals surface area contributed by atoms with Crippen molar-refractivity contribution in [1.29, 1.82) is 0 Å². The van der Waals surface area contributed by atoms with Crippen molar-refractivity contribution in [3.05, 3.63) is 33.8 Å².